The van der Waals surface area contributed by atoms with Gasteiger partial charge in [0.25, 0.3) is 0 Å². The van der Waals surface area contributed by atoms with Gasteiger partial charge >= 0.3 is 0 Å². The van der Waals surface area contributed by atoms with Crippen molar-refractivity contribution >= 4 is 43.7 Å². The number of carbonyl (C=O) groups is 1. The standard InChI is InChI=1S/C16H15N3O3S3/c20-15(8-9-17-25(21,22)12-5-2-1-3-6-12)19-16-18-13(11-24-16)14-7-4-10-23-14/h1-7,10-11,17H,8-9H2,(H,18,19,20). The molecule has 0 atom stereocenters. The van der Waals surface area contributed by atoms with E-state index < -0.39 is 10.0 Å². The minimum atomic E-state index is -3.60. The first-order valence-corrected chi connectivity index (χ1v) is 10.6. The predicted molar refractivity (Wildman–Crippen MR) is 100 cm³/mol. The summed E-state index contributed by atoms with van der Waals surface area (Å²) in [6, 6.07) is 11.9. The number of thiazole rings is 1. The van der Waals surface area contributed by atoms with E-state index in [1.165, 1.54) is 23.5 Å². The van der Waals surface area contributed by atoms with Crippen molar-refractivity contribution in [2.75, 3.05) is 11.9 Å². The minimum Gasteiger partial charge on any atom is -0.302 e. The maximum atomic E-state index is 12.1. The van der Waals surface area contributed by atoms with Gasteiger partial charge in [-0.3, -0.25) is 4.79 Å². The van der Waals surface area contributed by atoms with Gasteiger partial charge in [-0.2, -0.15) is 0 Å². The summed E-state index contributed by atoms with van der Waals surface area (Å²) >= 11 is 2.91. The van der Waals surface area contributed by atoms with E-state index in [0.717, 1.165) is 10.6 Å². The fraction of sp³-hybridized carbons (Fsp3) is 0.125. The van der Waals surface area contributed by atoms with Crippen molar-refractivity contribution in [2.45, 2.75) is 11.3 Å². The number of sulfonamides is 1. The van der Waals surface area contributed by atoms with E-state index >= 15 is 0 Å². The van der Waals surface area contributed by atoms with Crippen molar-refractivity contribution in [3.05, 3.63) is 53.2 Å². The molecule has 9 heteroatoms. The van der Waals surface area contributed by atoms with Gasteiger partial charge in [0.1, 0.15) is 0 Å². The highest BCUT2D eigenvalue weighted by Gasteiger charge is 2.14. The van der Waals surface area contributed by atoms with Crippen molar-refractivity contribution in [1.29, 1.82) is 0 Å². The van der Waals surface area contributed by atoms with Gasteiger partial charge in [0.05, 0.1) is 15.5 Å². The highest BCUT2D eigenvalue weighted by molar-refractivity contribution is 7.89. The van der Waals surface area contributed by atoms with Crippen LogP contribution in [0.1, 0.15) is 6.42 Å². The number of hydrogen-bond acceptors (Lipinski definition) is 6. The Morgan fingerprint density at radius 3 is 2.60 bits per heavy atom. The molecule has 0 fully saturated rings. The Morgan fingerprint density at radius 1 is 1.08 bits per heavy atom. The fourth-order valence-electron chi connectivity index (χ4n) is 2.03. The third-order valence-electron chi connectivity index (χ3n) is 3.22. The molecule has 1 aromatic carbocycles. The van der Waals surface area contributed by atoms with Gasteiger partial charge in [-0.1, -0.05) is 24.3 Å². The van der Waals surface area contributed by atoms with Crippen LogP contribution in [-0.4, -0.2) is 25.9 Å². The van der Waals surface area contributed by atoms with Gasteiger partial charge in [0, 0.05) is 18.3 Å². The lowest BCUT2D eigenvalue weighted by Gasteiger charge is -2.06. The van der Waals surface area contributed by atoms with E-state index in [4.69, 9.17) is 0 Å². The zero-order chi connectivity index (χ0) is 17.7. The normalized spacial score (nSPS) is 11.4. The van der Waals surface area contributed by atoms with Crippen LogP contribution in [0, 0.1) is 0 Å². The number of thiophene rings is 1. The highest BCUT2D eigenvalue weighted by atomic mass is 32.2. The quantitative estimate of drug-likeness (QED) is 0.645. The van der Waals surface area contributed by atoms with E-state index in [1.807, 2.05) is 22.9 Å². The zero-order valence-electron chi connectivity index (χ0n) is 13.0. The summed E-state index contributed by atoms with van der Waals surface area (Å²) in [6.45, 7) is 0.0201. The van der Waals surface area contributed by atoms with Crippen LogP contribution in [-0.2, 0) is 14.8 Å². The number of hydrogen-bond donors (Lipinski definition) is 2. The van der Waals surface area contributed by atoms with E-state index in [-0.39, 0.29) is 23.8 Å². The predicted octanol–water partition coefficient (Wildman–Crippen LogP) is 3.18. The molecule has 0 radical (unpaired) electrons. The molecule has 3 aromatic rings. The van der Waals surface area contributed by atoms with Crippen LogP contribution >= 0.6 is 22.7 Å². The smallest absolute Gasteiger partial charge is 0.240 e. The van der Waals surface area contributed by atoms with Crippen LogP contribution in [0.2, 0.25) is 0 Å². The first-order valence-electron chi connectivity index (χ1n) is 7.38. The number of aromatic nitrogens is 1. The van der Waals surface area contributed by atoms with Gasteiger partial charge in [-0.05, 0) is 23.6 Å². The number of anilines is 1. The van der Waals surface area contributed by atoms with E-state index in [1.54, 1.807) is 29.5 Å². The second-order valence-corrected chi connectivity index (χ2v) is 8.60. The molecule has 0 aliphatic heterocycles. The Labute approximate surface area is 153 Å². The summed E-state index contributed by atoms with van der Waals surface area (Å²) in [5.41, 5.74) is 0.820. The number of nitrogens with zero attached hydrogens (tertiary/aromatic N) is 1. The van der Waals surface area contributed by atoms with Gasteiger partial charge in [-0.15, -0.1) is 22.7 Å². The lowest BCUT2D eigenvalue weighted by Crippen LogP contribution is -2.27. The first kappa shape index (κ1) is 17.7. The van der Waals surface area contributed by atoms with Gasteiger partial charge in [0.2, 0.25) is 15.9 Å². The van der Waals surface area contributed by atoms with Crippen molar-refractivity contribution in [1.82, 2.24) is 9.71 Å². The summed E-state index contributed by atoms with van der Waals surface area (Å²) in [5.74, 6) is -0.289. The van der Waals surface area contributed by atoms with Crippen LogP contribution in [0.15, 0.2) is 58.1 Å². The molecular formula is C16H15N3O3S3. The Balaban J connectivity index is 1.50. The minimum absolute atomic E-state index is 0.0201. The van der Waals surface area contributed by atoms with E-state index in [0.29, 0.717) is 5.13 Å². The van der Waals surface area contributed by atoms with E-state index in [9.17, 15) is 13.2 Å². The van der Waals surface area contributed by atoms with Crippen LogP contribution in [0.25, 0.3) is 10.6 Å². The monoisotopic (exact) mass is 393 g/mol. The average molecular weight is 394 g/mol. The lowest BCUT2D eigenvalue weighted by atomic mass is 10.4. The zero-order valence-corrected chi connectivity index (χ0v) is 15.5. The lowest BCUT2D eigenvalue weighted by molar-refractivity contribution is -0.116. The number of rotatable bonds is 7. The summed E-state index contributed by atoms with van der Waals surface area (Å²) in [6.07, 6.45) is 0.0278. The molecule has 0 saturated heterocycles. The molecule has 0 aliphatic carbocycles. The molecule has 25 heavy (non-hydrogen) atoms. The molecule has 0 bridgehead atoms. The third kappa shape index (κ3) is 4.73. The highest BCUT2D eigenvalue weighted by Crippen LogP contribution is 2.28. The Morgan fingerprint density at radius 2 is 1.88 bits per heavy atom. The molecule has 2 N–H and O–H groups in total. The fourth-order valence-corrected chi connectivity index (χ4v) is 4.57. The maximum absolute atomic E-state index is 12.1. The van der Waals surface area contributed by atoms with Gasteiger partial charge in [-0.25, -0.2) is 18.1 Å². The molecule has 130 valence electrons. The second kappa shape index (κ2) is 7.87. The van der Waals surface area contributed by atoms with Crippen LogP contribution < -0.4 is 10.0 Å². The molecular weight excluding hydrogens is 378 g/mol. The molecule has 0 saturated carbocycles. The van der Waals surface area contributed by atoms with Gasteiger partial charge in [0.15, 0.2) is 5.13 Å². The number of carbonyl (C=O) groups excluding carboxylic acids is 1. The topological polar surface area (TPSA) is 88.2 Å². The van der Waals surface area contributed by atoms with Crippen molar-refractivity contribution in [3.8, 4) is 10.6 Å². The molecule has 3 rings (SSSR count). The summed E-state index contributed by atoms with van der Waals surface area (Å²) in [4.78, 5) is 17.5. The Hall–Kier alpha value is -2.07. The van der Waals surface area contributed by atoms with Gasteiger partial charge < -0.3 is 5.32 Å². The van der Waals surface area contributed by atoms with Crippen LogP contribution in [0.4, 0.5) is 5.13 Å². The third-order valence-corrected chi connectivity index (χ3v) is 6.35. The molecule has 2 heterocycles. The molecule has 6 nitrogen and oxygen atoms in total. The first-order chi connectivity index (χ1) is 12.0. The largest absolute Gasteiger partial charge is 0.302 e. The van der Waals surface area contributed by atoms with Crippen molar-refractivity contribution < 1.29 is 13.2 Å². The molecule has 1 amide bonds. The number of nitrogens with one attached hydrogen (secondary N) is 2. The Kier molecular flexibility index (Phi) is 5.59. The maximum Gasteiger partial charge on any atom is 0.240 e. The Bertz CT molecular complexity index is 935. The number of benzene rings is 1. The molecule has 0 unspecified atom stereocenters. The van der Waals surface area contributed by atoms with E-state index in [2.05, 4.69) is 15.0 Å². The SMILES string of the molecule is O=C(CCNS(=O)(=O)c1ccccc1)Nc1nc(-c2cccs2)cs1. The summed E-state index contributed by atoms with van der Waals surface area (Å²) in [5, 5.41) is 7.03. The average Bonchev–Trinajstić information content (AvgIpc) is 3.27. The number of amides is 1. The summed E-state index contributed by atoms with van der Waals surface area (Å²) in [7, 11) is -3.60. The second-order valence-electron chi connectivity index (χ2n) is 5.02. The molecule has 0 spiro atoms. The summed E-state index contributed by atoms with van der Waals surface area (Å²) < 4.78 is 26.5. The van der Waals surface area contributed by atoms with Crippen molar-refractivity contribution in [2.24, 2.45) is 0 Å². The van der Waals surface area contributed by atoms with Crippen LogP contribution in [0.5, 0.6) is 0 Å². The van der Waals surface area contributed by atoms with Crippen LogP contribution in [0.3, 0.4) is 0 Å². The van der Waals surface area contributed by atoms with Crippen molar-refractivity contribution in [3.63, 3.8) is 0 Å². The molecule has 2 aromatic heterocycles. The molecule has 0 aliphatic rings.